The van der Waals surface area contributed by atoms with E-state index in [0.29, 0.717) is 6.42 Å². The predicted octanol–water partition coefficient (Wildman–Crippen LogP) is 0.667. The van der Waals surface area contributed by atoms with E-state index in [1.165, 1.54) is 0 Å². The quantitative estimate of drug-likeness (QED) is 0.581. The number of carbonyl (C=O) groups excluding carboxylic acids is 1. The zero-order chi connectivity index (χ0) is 8.53. The van der Waals surface area contributed by atoms with Gasteiger partial charge in [0.15, 0.2) is 0 Å². The summed E-state index contributed by atoms with van der Waals surface area (Å²) < 4.78 is 4.64. The Hall–Kier alpha value is -0.770. The lowest BCUT2D eigenvalue weighted by atomic mass is 10.5. The molecule has 11 heavy (non-hydrogen) atoms. The van der Waals surface area contributed by atoms with Gasteiger partial charge in [-0.2, -0.15) is 0 Å². The van der Waals surface area contributed by atoms with Crippen LogP contribution in [0.5, 0.6) is 0 Å². The number of amides is 1. The first kappa shape index (κ1) is 10.2. The molecule has 0 spiro atoms. The van der Waals surface area contributed by atoms with Crippen molar-refractivity contribution in [1.82, 2.24) is 5.32 Å². The van der Waals surface area contributed by atoms with E-state index in [4.69, 9.17) is 5.11 Å². The average molecular weight is 160 g/mol. The number of ether oxygens (including phenoxy) is 1. The molecule has 0 rings (SSSR count). The second-order valence-corrected chi connectivity index (χ2v) is 1.97. The van der Waals surface area contributed by atoms with Crippen LogP contribution in [0.25, 0.3) is 0 Å². The summed E-state index contributed by atoms with van der Waals surface area (Å²) in [6.45, 7) is 3.83. The van der Waals surface area contributed by atoms with Crippen LogP contribution in [-0.4, -0.2) is 24.4 Å². The fourth-order valence-electron chi connectivity index (χ4n) is 0.456. The molecule has 0 aliphatic carbocycles. The van der Waals surface area contributed by atoms with Crippen LogP contribution in [0.2, 0.25) is 0 Å². The maximum atomic E-state index is 10.6. The lowest BCUT2D eigenvalue weighted by molar-refractivity contribution is 0.137. The van der Waals surface area contributed by atoms with Crippen molar-refractivity contribution in [3.8, 4) is 0 Å². The summed E-state index contributed by atoms with van der Waals surface area (Å²) in [4.78, 5) is 10.6. The molecule has 0 saturated carbocycles. The van der Waals surface area contributed by atoms with Gasteiger partial charge >= 0.3 is 6.09 Å². The number of rotatable bonds is 5. The maximum Gasteiger partial charge on any atom is 0.407 e. The van der Waals surface area contributed by atoms with Crippen LogP contribution in [0.3, 0.4) is 0 Å². The van der Waals surface area contributed by atoms with Crippen LogP contribution < -0.4 is 5.32 Å². The monoisotopic (exact) mass is 160 g/mol. The van der Waals surface area contributed by atoms with Crippen molar-refractivity contribution in [3.05, 3.63) is 6.54 Å². The molecular formula is C7H14NO3. The molecule has 0 bridgehead atoms. The van der Waals surface area contributed by atoms with Crippen molar-refractivity contribution in [1.29, 1.82) is 0 Å². The third-order valence-electron chi connectivity index (χ3n) is 0.960. The summed E-state index contributed by atoms with van der Waals surface area (Å²) in [5.41, 5.74) is 0. The van der Waals surface area contributed by atoms with Crippen molar-refractivity contribution < 1.29 is 14.6 Å². The molecule has 65 valence electrons. The molecule has 4 nitrogen and oxygen atoms in total. The number of aliphatic hydroxyl groups is 1. The molecule has 0 aromatic carbocycles. The molecule has 0 atom stereocenters. The number of hydrogen-bond donors (Lipinski definition) is 2. The van der Waals surface area contributed by atoms with Gasteiger partial charge in [-0.1, -0.05) is 6.92 Å². The Morgan fingerprint density at radius 3 is 3.00 bits per heavy atom. The Morgan fingerprint density at radius 1 is 1.73 bits per heavy atom. The number of hydrogen-bond acceptors (Lipinski definition) is 3. The maximum absolute atomic E-state index is 10.6. The van der Waals surface area contributed by atoms with Crippen LogP contribution in [0.1, 0.15) is 19.8 Å². The molecule has 0 fully saturated rings. The Labute approximate surface area is 66.5 Å². The van der Waals surface area contributed by atoms with E-state index in [0.717, 1.165) is 6.42 Å². The Bertz CT molecular complexity index is 106. The second-order valence-electron chi connectivity index (χ2n) is 1.97. The first-order chi connectivity index (χ1) is 5.31. The van der Waals surface area contributed by atoms with Crippen LogP contribution in [0.4, 0.5) is 4.79 Å². The molecule has 1 radical (unpaired) electrons. The van der Waals surface area contributed by atoms with E-state index >= 15 is 0 Å². The van der Waals surface area contributed by atoms with Gasteiger partial charge in [0.2, 0.25) is 0 Å². The molecule has 1 amide bonds. The van der Waals surface area contributed by atoms with E-state index < -0.39 is 6.09 Å². The Kier molecular flexibility index (Phi) is 6.82. The molecule has 2 N–H and O–H groups in total. The van der Waals surface area contributed by atoms with Crippen LogP contribution >= 0.6 is 0 Å². The van der Waals surface area contributed by atoms with Crippen molar-refractivity contribution in [2.75, 3.05) is 13.2 Å². The van der Waals surface area contributed by atoms with Gasteiger partial charge in [-0.3, -0.25) is 0 Å². The van der Waals surface area contributed by atoms with Crippen LogP contribution in [0.15, 0.2) is 0 Å². The van der Waals surface area contributed by atoms with Crippen LogP contribution in [-0.2, 0) is 4.74 Å². The van der Waals surface area contributed by atoms with E-state index in [1.54, 1.807) is 6.54 Å². The van der Waals surface area contributed by atoms with E-state index in [1.807, 2.05) is 6.92 Å². The highest BCUT2D eigenvalue weighted by molar-refractivity contribution is 5.67. The lowest BCUT2D eigenvalue weighted by Crippen LogP contribution is -2.21. The number of carbonyl (C=O) groups is 1. The van der Waals surface area contributed by atoms with Gasteiger partial charge in [0.1, 0.15) is 0 Å². The molecule has 0 aromatic rings. The fraction of sp³-hybridized carbons (Fsp3) is 0.714. The Morgan fingerprint density at radius 2 is 2.45 bits per heavy atom. The third-order valence-corrected chi connectivity index (χ3v) is 0.960. The van der Waals surface area contributed by atoms with E-state index in [9.17, 15) is 4.79 Å². The molecule has 0 aliphatic heterocycles. The van der Waals surface area contributed by atoms with Gasteiger partial charge < -0.3 is 15.2 Å². The minimum atomic E-state index is -0.458. The van der Waals surface area contributed by atoms with E-state index in [-0.39, 0.29) is 13.2 Å². The lowest BCUT2D eigenvalue weighted by Gasteiger charge is -2.03. The van der Waals surface area contributed by atoms with Gasteiger partial charge in [-0.25, -0.2) is 4.79 Å². The minimum absolute atomic E-state index is 0.0464. The SMILES string of the molecule is CC[CH]NC(=O)OCCCO. The number of alkyl carbamates (subject to hydrolysis) is 1. The molecule has 0 heterocycles. The summed E-state index contributed by atoms with van der Waals surface area (Å²) in [6, 6.07) is 0. The van der Waals surface area contributed by atoms with Crippen molar-refractivity contribution in [3.63, 3.8) is 0 Å². The summed E-state index contributed by atoms with van der Waals surface area (Å²) in [5, 5.41) is 10.8. The third kappa shape index (κ3) is 7.12. The molecule has 0 unspecified atom stereocenters. The van der Waals surface area contributed by atoms with Gasteiger partial charge in [0.05, 0.1) is 13.2 Å². The first-order valence-corrected chi connectivity index (χ1v) is 3.67. The molecular weight excluding hydrogens is 146 g/mol. The zero-order valence-electron chi connectivity index (χ0n) is 6.67. The molecule has 4 heteroatoms. The normalized spacial score (nSPS) is 9.27. The molecule has 0 aliphatic rings. The van der Waals surface area contributed by atoms with Crippen molar-refractivity contribution in [2.45, 2.75) is 19.8 Å². The standard InChI is InChI=1S/C7H14NO3/c1-2-4-8-7(10)11-6-3-5-9/h4,9H,2-3,5-6H2,1H3,(H,8,10). The topological polar surface area (TPSA) is 58.6 Å². The summed E-state index contributed by atoms with van der Waals surface area (Å²) in [6.07, 6.45) is 0.801. The summed E-state index contributed by atoms with van der Waals surface area (Å²) >= 11 is 0. The van der Waals surface area contributed by atoms with E-state index in [2.05, 4.69) is 10.1 Å². The zero-order valence-corrected chi connectivity index (χ0v) is 6.67. The van der Waals surface area contributed by atoms with Crippen molar-refractivity contribution >= 4 is 6.09 Å². The minimum Gasteiger partial charge on any atom is -0.449 e. The molecule has 0 aromatic heterocycles. The first-order valence-electron chi connectivity index (χ1n) is 3.67. The van der Waals surface area contributed by atoms with Gasteiger partial charge in [-0.15, -0.1) is 0 Å². The average Bonchev–Trinajstić information content (AvgIpc) is 2.01. The van der Waals surface area contributed by atoms with Crippen LogP contribution in [0, 0.1) is 6.54 Å². The smallest absolute Gasteiger partial charge is 0.407 e. The van der Waals surface area contributed by atoms with Crippen molar-refractivity contribution in [2.24, 2.45) is 0 Å². The number of aliphatic hydroxyl groups excluding tert-OH is 1. The summed E-state index contributed by atoms with van der Waals surface area (Å²) in [7, 11) is 0. The van der Waals surface area contributed by atoms with Gasteiger partial charge in [0.25, 0.3) is 0 Å². The predicted molar refractivity (Wildman–Crippen MR) is 40.8 cm³/mol. The Balaban J connectivity index is 3.09. The largest absolute Gasteiger partial charge is 0.449 e. The second kappa shape index (κ2) is 7.34. The highest BCUT2D eigenvalue weighted by Gasteiger charge is 1.97. The van der Waals surface area contributed by atoms with Gasteiger partial charge in [0, 0.05) is 13.0 Å². The fourth-order valence-corrected chi connectivity index (χ4v) is 0.456. The highest BCUT2D eigenvalue weighted by Crippen LogP contribution is 1.84. The molecule has 0 saturated heterocycles. The number of nitrogens with one attached hydrogen (secondary N) is 1. The highest BCUT2D eigenvalue weighted by atomic mass is 16.5. The summed E-state index contributed by atoms with van der Waals surface area (Å²) in [5.74, 6) is 0. The van der Waals surface area contributed by atoms with Gasteiger partial charge in [-0.05, 0) is 6.42 Å².